The van der Waals surface area contributed by atoms with Crippen molar-refractivity contribution in [3.63, 3.8) is 0 Å². The van der Waals surface area contributed by atoms with Crippen molar-refractivity contribution in [1.82, 2.24) is 0 Å². The maximum absolute atomic E-state index is 11.1. The van der Waals surface area contributed by atoms with Crippen LogP contribution in [0.25, 0.3) is 0 Å². The molecule has 0 bridgehead atoms. The molecule has 0 amide bonds. The molecular weight excluding hydrogens is 216 g/mol. The van der Waals surface area contributed by atoms with Gasteiger partial charge in [0, 0.05) is 12.8 Å². The molecule has 2 atom stereocenters. The average molecular weight is 226 g/mol. The molecule has 0 N–H and O–H groups in total. The van der Waals surface area contributed by atoms with Crippen LogP contribution in [-0.2, 0) is 29.0 Å². The highest BCUT2D eigenvalue weighted by Crippen LogP contribution is 2.19. The zero-order valence-corrected chi connectivity index (χ0v) is 8.43. The summed E-state index contributed by atoms with van der Waals surface area (Å²) in [5.74, 6) is -2.22. The van der Waals surface area contributed by atoms with Gasteiger partial charge in [0.25, 0.3) is 0 Å². The Balaban J connectivity index is 1.84. The van der Waals surface area contributed by atoms with Crippen molar-refractivity contribution in [1.29, 1.82) is 0 Å². The molecule has 0 spiro atoms. The van der Waals surface area contributed by atoms with E-state index in [2.05, 4.69) is 0 Å². The standard InChI is InChI=1S/C10H10O6/c11-5-1-3-7(9(5)13)15-16-8-4-2-6(12)10(8)14/h7-8H,1-4H2. The number of hydrogen-bond acceptors (Lipinski definition) is 6. The van der Waals surface area contributed by atoms with Crippen molar-refractivity contribution in [2.45, 2.75) is 37.9 Å². The Morgan fingerprint density at radius 3 is 1.38 bits per heavy atom. The van der Waals surface area contributed by atoms with Crippen LogP contribution in [0.4, 0.5) is 0 Å². The van der Waals surface area contributed by atoms with E-state index < -0.39 is 35.3 Å². The van der Waals surface area contributed by atoms with Crippen molar-refractivity contribution in [3.8, 4) is 0 Å². The van der Waals surface area contributed by atoms with Crippen LogP contribution in [0.2, 0.25) is 0 Å². The van der Waals surface area contributed by atoms with Crippen LogP contribution in [0.1, 0.15) is 25.7 Å². The first-order valence-corrected chi connectivity index (χ1v) is 5.06. The largest absolute Gasteiger partial charge is 0.291 e. The minimum Gasteiger partial charge on any atom is -0.291 e. The van der Waals surface area contributed by atoms with Gasteiger partial charge >= 0.3 is 0 Å². The van der Waals surface area contributed by atoms with Gasteiger partial charge in [-0.05, 0) is 12.8 Å². The van der Waals surface area contributed by atoms with Gasteiger partial charge < -0.3 is 0 Å². The fraction of sp³-hybridized carbons (Fsp3) is 0.600. The summed E-state index contributed by atoms with van der Waals surface area (Å²) in [6.45, 7) is 0. The molecule has 2 fully saturated rings. The molecule has 2 saturated carbocycles. The molecular formula is C10H10O6. The first kappa shape index (κ1) is 11.1. The molecule has 2 aliphatic rings. The van der Waals surface area contributed by atoms with Gasteiger partial charge in [0.15, 0.2) is 12.2 Å². The Labute approximate surface area is 90.8 Å². The third kappa shape index (κ3) is 1.94. The van der Waals surface area contributed by atoms with E-state index >= 15 is 0 Å². The van der Waals surface area contributed by atoms with Gasteiger partial charge in [-0.2, -0.15) is 0 Å². The highest BCUT2D eigenvalue weighted by Gasteiger charge is 2.38. The van der Waals surface area contributed by atoms with E-state index in [1.54, 1.807) is 0 Å². The van der Waals surface area contributed by atoms with Crippen LogP contribution in [0, 0.1) is 0 Å². The molecule has 2 aliphatic carbocycles. The van der Waals surface area contributed by atoms with Gasteiger partial charge in [0.1, 0.15) is 0 Å². The quantitative estimate of drug-likeness (QED) is 0.367. The van der Waals surface area contributed by atoms with Gasteiger partial charge in [-0.15, -0.1) is 0 Å². The number of rotatable bonds is 3. The lowest BCUT2D eigenvalue weighted by Crippen LogP contribution is -2.28. The topological polar surface area (TPSA) is 86.7 Å². The Bertz CT molecular complexity index is 336. The van der Waals surface area contributed by atoms with E-state index in [0.29, 0.717) is 0 Å². The fourth-order valence-electron chi connectivity index (χ4n) is 1.71. The molecule has 2 rings (SSSR count). The summed E-state index contributed by atoms with van der Waals surface area (Å²) >= 11 is 0. The molecule has 6 nitrogen and oxygen atoms in total. The molecule has 0 aliphatic heterocycles. The number of hydrogen-bond donors (Lipinski definition) is 0. The lowest BCUT2D eigenvalue weighted by Gasteiger charge is -2.11. The summed E-state index contributed by atoms with van der Waals surface area (Å²) in [5, 5.41) is 0. The maximum Gasteiger partial charge on any atom is 0.230 e. The first-order valence-electron chi connectivity index (χ1n) is 5.06. The summed E-state index contributed by atoms with van der Waals surface area (Å²) in [6.07, 6.45) is -1.01. The third-order valence-electron chi connectivity index (χ3n) is 2.69. The van der Waals surface area contributed by atoms with Gasteiger partial charge in [0.2, 0.25) is 23.1 Å². The highest BCUT2D eigenvalue weighted by atomic mass is 17.2. The second-order valence-corrected chi connectivity index (χ2v) is 3.82. The van der Waals surface area contributed by atoms with Crippen LogP contribution in [-0.4, -0.2) is 35.3 Å². The van der Waals surface area contributed by atoms with Crippen LogP contribution >= 0.6 is 0 Å². The predicted molar refractivity (Wildman–Crippen MR) is 48.2 cm³/mol. The molecule has 0 aromatic rings. The highest BCUT2D eigenvalue weighted by molar-refractivity contribution is 6.41. The predicted octanol–water partition coefficient (Wildman–Crippen LogP) is -0.464. The lowest BCUT2D eigenvalue weighted by molar-refractivity contribution is -0.332. The molecule has 86 valence electrons. The van der Waals surface area contributed by atoms with Crippen molar-refractivity contribution in [2.75, 3.05) is 0 Å². The lowest BCUT2D eigenvalue weighted by atomic mass is 10.3. The van der Waals surface area contributed by atoms with Gasteiger partial charge in [0.05, 0.1) is 0 Å². The second kappa shape index (κ2) is 4.23. The Morgan fingerprint density at radius 2 is 1.12 bits per heavy atom. The van der Waals surface area contributed by atoms with Crippen LogP contribution in [0.15, 0.2) is 0 Å². The van der Waals surface area contributed by atoms with E-state index in [1.807, 2.05) is 0 Å². The van der Waals surface area contributed by atoms with Crippen molar-refractivity contribution in [3.05, 3.63) is 0 Å². The molecule has 6 heteroatoms. The van der Waals surface area contributed by atoms with E-state index in [4.69, 9.17) is 9.78 Å². The molecule has 0 radical (unpaired) electrons. The Morgan fingerprint density at radius 1 is 0.750 bits per heavy atom. The van der Waals surface area contributed by atoms with E-state index in [0.717, 1.165) is 0 Å². The summed E-state index contributed by atoms with van der Waals surface area (Å²) in [7, 11) is 0. The minimum atomic E-state index is -0.920. The number of carbonyl (C=O) groups excluding carboxylic acids is 4. The second-order valence-electron chi connectivity index (χ2n) is 3.82. The third-order valence-corrected chi connectivity index (χ3v) is 2.69. The van der Waals surface area contributed by atoms with Crippen molar-refractivity contribution < 1.29 is 29.0 Å². The summed E-state index contributed by atoms with van der Waals surface area (Å²) in [6, 6.07) is 0. The molecule has 0 heterocycles. The average Bonchev–Trinajstić information content (AvgIpc) is 2.74. The van der Waals surface area contributed by atoms with Crippen LogP contribution < -0.4 is 0 Å². The first-order chi connectivity index (χ1) is 7.59. The molecule has 0 saturated heterocycles. The van der Waals surface area contributed by atoms with Gasteiger partial charge in [-0.1, -0.05) is 0 Å². The number of Topliss-reactive ketones (excluding diaryl/α,β-unsaturated/α-hetero) is 4. The minimum absolute atomic E-state index is 0.143. The number of carbonyl (C=O) groups is 4. The molecule has 0 aromatic carbocycles. The van der Waals surface area contributed by atoms with Crippen molar-refractivity contribution in [2.24, 2.45) is 0 Å². The van der Waals surface area contributed by atoms with E-state index in [1.165, 1.54) is 0 Å². The molecule has 16 heavy (non-hydrogen) atoms. The fourth-order valence-corrected chi connectivity index (χ4v) is 1.71. The van der Waals surface area contributed by atoms with E-state index in [9.17, 15) is 19.2 Å². The smallest absolute Gasteiger partial charge is 0.230 e. The SMILES string of the molecule is O=C1CCC(OOC2CCC(=O)C2=O)C1=O. The Kier molecular flexibility index (Phi) is 2.93. The Hall–Kier alpha value is -1.40. The monoisotopic (exact) mass is 226 g/mol. The van der Waals surface area contributed by atoms with Crippen LogP contribution in [0.3, 0.4) is 0 Å². The zero-order valence-electron chi connectivity index (χ0n) is 8.43. The molecule has 0 aromatic heterocycles. The molecule has 2 unspecified atom stereocenters. The van der Waals surface area contributed by atoms with Crippen molar-refractivity contribution >= 4 is 23.1 Å². The van der Waals surface area contributed by atoms with Gasteiger partial charge in [-0.3, -0.25) is 19.2 Å². The number of ketones is 4. The van der Waals surface area contributed by atoms with Gasteiger partial charge in [-0.25, -0.2) is 9.78 Å². The van der Waals surface area contributed by atoms with E-state index in [-0.39, 0.29) is 25.7 Å². The van der Waals surface area contributed by atoms with Crippen LogP contribution in [0.5, 0.6) is 0 Å². The summed E-state index contributed by atoms with van der Waals surface area (Å²) in [5.41, 5.74) is 0. The summed E-state index contributed by atoms with van der Waals surface area (Å²) in [4.78, 5) is 53.6. The zero-order chi connectivity index (χ0) is 11.7. The summed E-state index contributed by atoms with van der Waals surface area (Å²) < 4.78 is 0. The normalized spacial score (nSPS) is 30.5. The maximum atomic E-state index is 11.1.